The van der Waals surface area contributed by atoms with Crippen LogP contribution in [0, 0.1) is 0 Å². The molecule has 0 radical (unpaired) electrons. The van der Waals surface area contributed by atoms with Gasteiger partial charge < -0.3 is 15.4 Å². The minimum Gasteiger partial charge on any atom is -0.379 e. The lowest BCUT2D eigenvalue weighted by atomic mass is 9.94. The summed E-state index contributed by atoms with van der Waals surface area (Å²) in [5, 5.41) is 0. The van der Waals surface area contributed by atoms with Crippen molar-refractivity contribution in [1.82, 2.24) is 9.80 Å². The Morgan fingerprint density at radius 3 is 2.29 bits per heavy atom. The van der Waals surface area contributed by atoms with Crippen molar-refractivity contribution in [2.75, 3.05) is 39.4 Å². The lowest BCUT2D eigenvalue weighted by molar-refractivity contribution is -0.136. The van der Waals surface area contributed by atoms with Gasteiger partial charge in [-0.1, -0.05) is 0 Å². The molecule has 2 saturated heterocycles. The van der Waals surface area contributed by atoms with Crippen LogP contribution in [0.15, 0.2) is 0 Å². The van der Waals surface area contributed by atoms with E-state index in [0.29, 0.717) is 45.8 Å². The van der Waals surface area contributed by atoms with E-state index in [1.165, 1.54) is 0 Å². The highest BCUT2D eigenvalue weighted by atomic mass is 16.5. The van der Waals surface area contributed by atoms with Crippen molar-refractivity contribution in [3.63, 3.8) is 0 Å². The van der Waals surface area contributed by atoms with E-state index >= 15 is 0 Å². The molecule has 2 heterocycles. The highest BCUT2D eigenvalue weighted by Gasteiger charge is 2.46. The number of rotatable bonds is 2. The number of primary amides is 1. The summed E-state index contributed by atoms with van der Waals surface area (Å²) in [7, 11) is 0. The number of piperazine rings is 1. The molecule has 1 atom stereocenters. The number of hydrogen-bond acceptors (Lipinski definition) is 4. The van der Waals surface area contributed by atoms with Crippen molar-refractivity contribution in [2.24, 2.45) is 5.73 Å². The molecule has 17 heavy (non-hydrogen) atoms. The molecule has 2 rings (SSSR count). The van der Waals surface area contributed by atoms with Crippen LogP contribution in [0.1, 0.15) is 13.3 Å². The molecule has 0 aromatic carbocycles. The first-order chi connectivity index (χ1) is 8.06. The van der Waals surface area contributed by atoms with Crippen LogP contribution in [0.25, 0.3) is 0 Å². The van der Waals surface area contributed by atoms with Crippen LogP contribution in [0.2, 0.25) is 0 Å². The van der Waals surface area contributed by atoms with Gasteiger partial charge in [0.1, 0.15) is 5.54 Å². The van der Waals surface area contributed by atoms with Crippen molar-refractivity contribution >= 4 is 11.8 Å². The molecular weight excluding hydrogens is 222 g/mol. The summed E-state index contributed by atoms with van der Waals surface area (Å²) in [6.45, 7) is 5.21. The molecule has 0 aromatic heterocycles. The van der Waals surface area contributed by atoms with Crippen LogP contribution < -0.4 is 5.73 Å². The zero-order valence-corrected chi connectivity index (χ0v) is 10.1. The number of nitrogens with zero attached hydrogens (tertiary/aromatic N) is 2. The third-order valence-electron chi connectivity index (χ3n) is 3.79. The summed E-state index contributed by atoms with van der Waals surface area (Å²) in [4.78, 5) is 26.8. The highest BCUT2D eigenvalue weighted by molar-refractivity contribution is 5.85. The number of amides is 2. The normalized spacial score (nSPS) is 30.5. The Bertz CT molecular complexity index is 318. The SMILES string of the molecule is CC(=O)N1CCN(C2(C(N)=O)CCOC2)CC1. The van der Waals surface area contributed by atoms with E-state index in [4.69, 9.17) is 10.5 Å². The fourth-order valence-electron chi connectivity index (χ4n) is 2.60. The molecule has 0 saturated carbocycles. The Hall–Kier alpha value is -1.14. The van der Waals surface area contributed by atoms with Gasteiger partial charge in [0, 0.05) is 46.1 Å². The van der Waals surface area contributed by atoms with Gasteiger partial charge in [-0.3, -0.25) is 14.5 Å². The highest BCUT2D eigenvalue weighted by Crippen LogP contribution is 2.27. The van der Waals surface area contributed by atoms with Gasteiger partial charge in [0.15, 0.2) is 0 Å². The van der Waals surface area contributed by atoms with Gasteiger partial charge in [0.2, 0.25) is 11.8 Å². The molecule has 0 bridgehead atoms. The van der Waals surface area contributed by atoms with E-state index in [0.717, 1.165) is 0 Å². The molecule has 2 aliphatic rings. The lowest BCUT2D eigenvalue weighted by Crippen LogP contribution is -2.63. The number of carbonyl (C=O) groups is 2. The van der Waals surface area contributed by atoms with Gasteiger partial charge in [0.05, 0.1) is 6.61 Å². The maximum atomic E-state index is 11.7. The summed E-state index contributed by atoms with van der Waals surface area (Å²) in [5.74, 6) is -0.230. The van der Waals surface area contributed by atoms with Crippen molar-refractivity contribution in [3.8, 4) is 0 Å². The standard InChI is InChI=1S/C11H19N3O3/c1-9(15)13-3-5-14(6-4-13)11(10(12)16)2-7-17-8-11/h2-8H2,1H3,(H2,12,16). The molecule has 2 N–H and O–H groups in total. The van der Waals surface area contributed by atoms with Crippen LogP contribution >= 0.6 is 0 Å². The van der Waals surface area contributed by atoms with Gasteiger partial charge in [-0.05, 0) is 0 Å². The molecule has 6 nitrogen and oxygen atoms in total. The minimum atomic E-state index is -0.650. The Kier molecular flexibility index (Phi) is 3.35. The maximum absolute atomic E-state index is 11.7. The summed E-state index contributed by atoms with van der Waals surface area (Å²) < 4.78 is 5.33. The van der Waals surface area contributed by atoms with E-state index in [2.05, 4.69) is 4.90 Å². The molecule has 96 valence electrons. The van der Waals surface area contributed by atoms with E-state index in [9.17, 15) is 9.59 Å². The third kappa shape index (κ3) is 2.14. The number of carbonyl (C=O) groups excluding carboxylic acids is 2. The number of ether oxygens (including phenoxy) is 1. The maximum Gasteiger partial charge on any atom is 0.240 e. The average molecular weight is 241 g/mol. The summed E-state index contributed by atoms with van der Waals surface area (Å²) in [6.07, 6.45) is 0.655. The second-order valence-electron chi connectivity index (χ2n) is 4.69. The lowest BCUT2D eigenvalue weighted by Gasteiger charge is -2.43. The Morgan fingerprint density at radius 1 is 1.24 bits per heavy atom. The summed E-state index contributed by atoms with van der Waals surface area (Å²) in [5.41, 5.74) is 4.87. The van der Waals surface area contributed by atoms with Gasteiger partial charge in [-0.25, -0.2) is 0 Å². The quantitative estimate of drug-likeness (QED) is 0.658. The Morgan fingerprint density at radius 2 is 1.88 bits per heavy atom. The van der Waals surface area contributed by atoms with Crippen molar-refractivity contribution in [3.05, 3.63) is 0 Å². The Labute approximate surface area is 101 Å². The first-order valence-electron chi connectivity index (χ1n) is 5.94. The summed E-state index contributed by atoms with van der Waals surface area (Å²) >= 11 is 0. The molecule has 0 aliphatic carbocycles. The zero-order chi connectivity index (χ0) is 12.5. The monoisotopic (exact) mass is 241 g/mol. The van der Waals surface area contributed by atoms with Crippen LogP contribution in [0.3, 0.4) is 0 Å². The molecule has 0 aromatic rings. The largest absolute Gasteiger partial charge is 0.379 e. The molecule has 2 aliphatic heterocycles. The van der Waals surface area contributed by atoms with Crippen LogP contribution in [0.4, 0.5) is 0 Å². The van der Waals surface area contributed by atoms with E-state index < -0.39 is 5.54 Å². The average Bonchev–Trinajstić information content (AvgIpc) is 2.79. The zero-order valence-electron chi connectivity index (χ0n) is 10.1. The van der Waals surface area contributed by atoms with Crippen LogP contribution in [-0.4, -0.2) is 66.5 Å². The van der Waals surface area contributed by atoms with Gasteiger partial charge in [0.25, 0.3) is 0 Å². The minimum absolute atomic E-state index is 0.0837. The second-order valence-corrected chi connectivity index (χ2v) is 4.69. The van der Waals surface area contributed by atoms with Crippen LogP contribution in [-0.2, 0) is 14.3 Å². The molecule has 1 unspecified atom stereocenters. The molecule has 0 spiro atoms. The third-order valence-corrected chi connectivity index (χ3v) is 3.79. The predicted molar refractivity (Wildman–Crippen MR) is 61.2 cm³/mol. The predicted octanol–water partition coefficient (Wildman–Crippen LogP) is -1.21. The molecule has 2 fully saturated rings. The van der Waals surface area contributed by atoms with Crippen molar-refractivity contribution < 1.29 is 14.3 Å². The van der Waals surface area contributed by atoms with Gasteiger partial charge >= 0.3 is 0 Å². The second kappa shape index (κ2) is 4.62. The smallest absolute Gasteiger partial charge is 0.240 e. The topological polar surface area (TPSA) is 75.9 Å². The van der Waals surface area contributed by atoms with Gasteiger partial charge in [-0.15, -0.1) is 0 Å². The fourth-order valence-corrected chi connectivity index (χ4v) is 2.60. The first-order valence-corrected chi connectivity index (χ1v) is 5.94. The van der Waals surface area contributed by atoms with E-state index in [1.807, 2.05) is 0 Å². The fraction of sp³-hybridized carbons (Fsp3) is 0.818. The molecule has 6 heteroatoms. The molecular formula is C11H19N3O3. The number of hydrogen-bond donors (Lipinski definition) is 1. The first kappa shape index (κ1) is 12.3. The Balaban J connectivity index is 2.03. The van der Waals surface area contributed by atoms with E-state index in [-0.39, 0.29) is 11.8 Å². The van der Waals surface area contributed by atoms with Gasteiger partial charge in [-0.2, -0.15) is 0 Å². The number of nitrogens with two attached hydrogens (primary N) is 1. The van der Waals surface area contributed by atoms with Crippen molar-refractivity contribution in [2.45, 2.75) is 18.9 Å². The summed E-state index contributed by atoms with van der Waals surface area (Å²) in [6, 6.07) is 0. The van der Waals surface area contributed by atoms with Crippen LogP contribution in [0.5, 0.6) is 0 Å². The van der Waals surface area contributed by atoms with E-state index in [1.54, 1.807) is 11.8 Å². The van der Waals surface area contributed by atoms with Crippen molar-refractivity contribution in [1.29, 1.82) is 0 Å². The molecule has 2 amide bonds.